The molecule has 0 unspecified atom stereocenters. The number of nitrogens with one attached hydrogen (secondary N) is 2. The van der Waals surface area contributed by atoms with Crippen molar-refractivity contribution in [2.24, 2.45) is 5.92 Å². The van der Waals surface area contributed by atoms with Gasteiger partial charge < -0.3 is 14.5 Å². The van der Waals surface area contributed by atoms with Crippen molar-refractivity contribution in [2.75, 3.05) is 11.9 Å². The van der Waals surface area contributed by atoms with Gasteiger partial charge in [0.15, 0.2) is 10.7 Å². The highest BCUT2D eigenvalue weighted by molar-refractivity contribution is 7.80. The average Bonchev–Trinajstić information content (AvgIpc) is 3.20. The van der Waals surface area contributed by atoms with Crippen LogP contribution in [-0.4, -0.2) is 22.6 Å². The van der Waals surface area contributed by atoms with Gasteiger partial charge in [-0.25, -0.2) is 4.98 Å². The second-order valence-electron chi connectivity index (χ2n) is 8.66. The number of carbonyl (C=O) groups excluding carboxylic acids is 1. The van der Waals surface area contributed by atoms with Gasteiger partial charge >= 0.3 is 0 Å². The van der Waals surface area contributed by atoms with E-state index in [1.165, 1.54) is 5.56 Å². The molecule has 0 spiro atoms. The molecule has 0 fully saturated rings. The lowest BCUT2D eigenvalue weighted by molar-refractivity contribution is 0.0977. The molecule has 6 nitrogen and oxygen atoms in total. The van der Waals surface area contributed by atoms with Crippen LogP contribution in [0, 0.1) is 19.8 Å². The zero-order valence-corrected chi connectivity index (χ0v) is 20.5. The van der Waals surface area contributed by atoms with Gasteiger partial charge in [-0.2, -0.15) is 0 Å². The summed E-state index contributed by atoms with van der Waals surface area (Å²) in [5, 5.41) is 5.95. The summed E-state index contributed by atoms with van der Waals surface area (Å²) in [5.41, 5.74) is 5.79. The van der Waals surface area contributed by atoms with Crippen LogP contribution in [-0.2, 0) is 0 Å². The topological polar surface area (TPSA) is 76.4 Å². The van der Waals surface area contributed by atoms with Crippen LogP contribution in [0.5, 0.6) is 5.75 Å². The zero-order valence-electron chi connectivity index (χ0n) is 19.6. The third-order valence-corrected chi connectivity index (χ3v) is 5.37. The third-order valence-electron chi connectivity index (χ3n) is 5.16. The van der Waals surface area contributed by atoms with Gasteiger partial charge in [-0.1, -0.05) is 37.6 Å². The summed E-state index contributed by atoms with van der Waals surface area (Å²) < 4.78 is 11.7. The molecule has 0 saturated carbocycles. The molecule has 34 heavy (non-hydrogen) atoms. The number of benzene rings is 3. The second kappa shape index (κ2) is 10.1. The van der Waals surface area contributed by atoms with Gasteiger partial charge in [0.05, 0.1) is 6.61 Å². The molecule has 1 amide bonds. The maximum Gasteiger partial charge on any atom is 0.257 e. The van der Waals surface area contributed by atoms with Crippen molar-refractivity contribution in [3.8, 4) is 17.2 Å². The van der Waals surface area contributed by atoms with E-state index in [-0.39, 0.29) is 11.0 Å². The lowest BCUT2D eigenvalue weighted by atomic mass is 10.1. The first-order chi connectivity index (χ1) is 16.3. The molecule has 2 N–H and O–H groups in total. The summed E-state index contributed by atoms with van der Waals surface area (Å²) in [6, 6.07) is 18.7. The van der Waals surface area contributed by atoms with Gasteiger partial charge in [0.25, 0.3) is 5.91 Å². The lowest BCUT2D eigenvalue weighted by Gasteiger charge is -2.11. The van der Waals surface area contributed by atoms with E-state index in [0.717, 1.165) is 11.1 Å². The predicted octanol–water partition coefficient (Wildman–Crippen LogP) is 6.27. The highest BCUT2D eigenvalue weighted by atomic mass is 32.1. The van der Waals surface area contributed by atoms with Crippen LogP contribution >= 0.6 is 12.2 Å². The highest BCUT2D eigenvalue weighted by Crippen LogP contribution is 2.28. The van der Waals surface area contributed by atoms with Gasteiger partial charge in [-0.15, -0.1) is 0 Å². The summed E-state index contributed by atoms with van der Waals surface area (Å²) in [4.78, 5) is 17.3. The summed E-state index contributed by atoms with van der Waals surface area (Å²) in [7, 11) is 0. The Labute approximate surface area is 204 Å². The molecule has 0 radical (unpaired) electrons. The van der Waals surface area contributed by atoms with Crippen LogP contribution in [0.25, 0.3) is 22.6 Å². The van der Waals surface area contributed by atoms with Gasteiger partial charge in [0.2, 0.25) is 5.89 Å². The normalized spacial score (nSPS) is 11.0. The summed E-state index contributed by atoms with van der Waals surface area (Å²) in [5.74, 6) is 1.30. The van der Waals surface area contributed by atoms with Gasteiger partial charge in [-0.05, 0) is 80.0 Å². The first-order valence-corrected chi connectivity index (χ1v) is 11.5. The van der Waals surface area contributed by atoms with Crippen LogP contribution in [0.3, 0.4) is 0 Å². The SMILES string of the molecule is Cc1ccc(-c2nc3cc(NC(=S)NC(=O)c4cccc(OCC(C)C)c4)ccc3o2)c(C)c1. The largest absolute Gasteiger partial charge is 0.493 e. The Morgan fingerprint density at radius 3 is 2.68 bits per heavy atom. The van der Waals surface area contributed by atoms with E-state index in [1.807, 2.05) is 43.3 Å². The molecule has 3 aromatic carbocycles. The summed E-state index contributed by atoms with van der Waals surface area (Å²) in [6.07, 6.45) is 0. The summed E-state index contributed by atoms with van der Waals surface area (Å²) >= 11 is 5.35. The number of aromatic nitrogens is 1. The number of hydrogen-bond acceptors (Lipinski definition) is 5. The third kappa shape index (κ3) is 5.61. The highest BCUT2D eigenvalue weighted by Gasteiger charge is 2.13. The Morgan fingerprint density at radius 1 is 1.09 bits per heavy atom. The molecule has 174 valence electrons. The van der Waals surface area contributed by atoms with Crippen molar-refractivity contribution in [3.05, 3.63) is 77.4 Å². The van der Waals surface area contributed by atoms with Crippen molar-refractivity contribution in [2.45, 2.75) is 27.7 Å². The molecule has 1 aromatic heterocycles. The number of thiocarbonyl (C=S) groups is 1. The molecular formula is C27H27N3O3S. The molecule has 0 aliphatic rings. The number of rotatable bonds is 6. The molecule has 0 aliphatic carbocycles. The number of anilines is 1. The first-order valence-electron chi connectivity index (χ1n) is 11.1. The fraction of sp³-hybridized carbons (Fsp3) is 0.222. The quantitative estimate of drug-likeness (QED) is 0.321. The number of hydrogen-bond donors (Lipinski definition) is 2. The Hall–Kier alpha value is -3.71. The maximum absolute atomic E-state index is 12.6. The van der Waals surface area contributed by atoms with Crippen molar-refractivity contribution >= 4 is 40.0 Å². The van der Waals surface area contributed by atoms with Crippen molar-refractivity contribution in [1.29, 1.82) is 0 Å². The van der Waals surface area contributed by atoms with Crippen LogP contribution in [0.2, 0.25) is 0 Å². The predicted molar refractivity (Wildman–Crippen MR) is 139 cm³/mol. The average molecular weight is 474 g/mol. The van der Waals surface area contributed by atoms with Crippen molar-refractivity contribution in [3.63, 3.8) is 0 Å². The van der Waals surface area contributed by atoms with E-state index in [2.05, 4.69) is 42.5 Å². The molecule has 0 saturated heterocycles. The number of amides is 1. The molecule has 0 bridgehead atoms. The Bertz CT molecular complexity index is 1360. The Balaban J connectivity index is 1.43. The van der Waals surface area contributed by atoms with E-state index in [9.17, 15) is 4.79 Å². The van der Waals surface area contributed by atoms with E-state index < -0.39 is 0 Å². The molecule has 1 heterocycles. The molecule has 7 heteroatoms. The zero-order chi connectivity index (χ0) is 24.2. The minimum Gasteiger partial charge on any atom is -0.493 e. The van der Waals surface area contributed by atoms with Crippen LogP contribution in [0.15, 0.2) is 65.1 Å². The Morgan fingerprint density at radius 2 is 1.91 bits per heavy atom. The Kier molecular flexibility index (Phi) is 6.93. The van der Waals surface area contributed by atoms with Crippen molar-refractivity contribution < 1.29 is 13.9 Å². The second-order valence-corrected chi connectivity index (χ2v) is 9.07. The van der Waals surface area contributed by atoms with Gasteiger partial charge in [0.1, 0.15) is 11.3 Å². The molecule has 0 atom stereocenters. The van der Waals surface area contributed by atoms with Crippen LogP contribution < -0.4 is 15.4 Å². The standard InChI is InChI=1S/C27H27N3O3S/c1-16(2)15-32-21-7-5-6-19(13-21)25(31)30-27(34)28-20-9-11-24-23(14-20)29-26(33-24)22-10-8-17(3)12-18(22)4/h5-14,16H,15H2,1-4H3,(H2,28,30,31,34). The minimum atomic E-state index is -0.313. The van der Waals surface area contributed by atoms with Gasteiger partial charge in [-0.3, -0.25) is 10.1 Å². The van der Waals surface area contributed by atoms with E-state index in [0.29, 0.717) is 46.5 Å². The molecule has 0 aliphatic heterocycles. The van der Waals surface area contributed by atoms with Crippen LogP contribution in [0.1, 0.15) is 35.3 Å². The fourth-order valence-electron chi connectivity index (χ4n) is 3.50. The molecule has 4 aromatic rings. The first kappa shape index (κ1) is 23.4. The maximum atomic E-state index is 12.6. The number of oxazole rings is 1. The lowest BCUT2D eigenvalue weighted by Crippen LogP contribution is -2.34. The van der Waals surface area contributed by atoms with Gasteiger partial charge in [0, 0.05) is 16.8 Å². The number of aryl methyl sites for hydroxylation is 2. The number of ether oxygens (including phenoxy) is 1. The number of fused-ring (bicyclic) bond motifs is 1. The smallest absolute Gasteiger partial charge is 0.257 e. The van der Waals surface area contributed by atoms with E-state index >= 15 is 0 Å². The van der Waals surface area contributed by atoms with E-state index in [4.69, 9.17) is 21.4 Å². The monoisotopic (exact) mass is 473 g/mol. The number of carbonyl (C=O) groups is 1. The minimum absolute atomic E-state index is 0.191. The number of nitrogens with zero attached hydrogens (tertiary/aromatic N) is 1. The fourth-order valence-corrected chi connectivity index (χ4v) is 3.71. The van der Waals surface area contributed by atoms with Crippen LogP contribution in [0.4, 0.5) is 5.69 Å². The molecular weight excluding hydrogens is 446 g/mol. The summed E-state index contributed by atoms with van der Waals surface area (Å²) in [6.45, 7) is 8.82. The molecule has 4 rings (SSSR count). The van der Waals surface area contributed by atoms with E-state index in [1.54, 1.807) is 18.2 Å². The van der Waals surface area contributed by atoms with Crippen molar-refractivity contribution in [1.82, 2.24) is 10.3 Å².